The van der Waals surface area contributed by atoms with Gasteiger partial charge in [-0.25, -0.2) is 9.79 Å². The van der Waals surface area contributed by atoms with Crippen LogP contribution in [0.4, 0.5) is 0 Å². The van der Waals surface area contributed by atoms with Crippen LogP contribution < -0.4 is 9.47 Å². The number of aliphatic imine (C=N–C) groups is 1. The average molecular weight is 296 g/mol. The van der Waals surface area contributed by atoms with Crippen LogP contribution in [-0.4, -0.2) is 19.3 Å². The zero-order valence-electron chi connectivity index (χ0n) is 9.09. The highest BCUT2D eigenvalue weighted by molar-refractivity contribution is 9.10. The van der Waals surface area contributed by atoms with Gasteiger partial charge in [-0.05, 0) is 15.9 Å². The van der Waals surface area contributed by atoms with E-state index in [1.807, 2.05) is 0 Å². The zero-order chi connectivity index (χ0) is 11.8. The molecule has 4 nitrogen and oxygen atoms in total. The van der Waals surface area contributed by atoms with Crippen LogP contribution in [0.5, 0.6) is 11.5 Å². The Kier molecular flexibility index (Phi) is 2.65. The van der Waals surface area contributed by atoms with Crippen molar-refractivity contribution in [1.29, 1.82) is 0 Å². The van der Waals surface area contributed by atoms with E-state index in [2.05, 4.69) is 20.9 Å². The van der Waals surface area contributed by atoms with Gasteiger partial charge in [0, 0.05) is 29.5 Å². The molecule has 5 heteroatoms. The number of halogens is 1. The van der Waals surface area contributed by atoms with Gasteiger partial charge in [-0.1, -0.05) is 0 Å². The maximum absolute atomic E-state index is 10.3. The lowest BCUT2D eigenvalue weighted by Crippen LogP contribution is -1.96. The molecule has 1 aromatic rings. The van der Waals surface area contributed by atoms with Crippen LogP contribution in [0, 0.1) is 0 Å². The van der Waals surface area contributed by atoms with Crippen molar-refractivity contribution in [3.8, 4) is 11.5 Å². The smallest absolute Gasteiger partial charge is 0.235 e. The normalized spacial score (nSPS) is 15.6. The molecule has 0 unspecified atom stereocenters. The monoisotopic (exact) mass is 295 g/mol. The molecule has 17 heavy (non-hydrogen) atoms. The Bertz CT molecular complexity index is 500. The number of carbonyl (C=O) groups excluding carboxylic acids is 1. The van der Waals surface area contributed by atoms with E-state index in [4.69, 9.17) is 9.47 Å². The Balaban J connectivity index is 2.22. The minimum atomic E-state index is 0.324. The van der Waals surface area contributed by atoms with Crippen LogP contribution in [0.2, 0.25) is 0 Å². The third-order valence-electron chi connectivity index (χ3n) is 3.15. The van der Waals surface area contributed by atoms with Crippen molar-refractivity contribution in [2.24, 2.45) is 4.99 Å². The molecule has 2 aliphatic heterocycles. The van der Waals surface area contributed by atoms with Crippen LogP contribution in [0.1, 0.15) is 16.7 Å². The minimum Gasteiger partial charge on any atom is -0.493 e. The Labute approximate surface area is 107 Å². The zero-order valence-corrected chi connectivity index (χ0v) is 10.7. The van der Waals surface area contributed by atoms with E-state index >= 15 is 0 Å². The minimum absolute atomic E-state index is 0.324. The summed E-state index contributed by atoms with van der Waals surface area (Å²) in [6.45, 7) is 1.67. The molecule has 0 bridgehead atoms. The predicted octanol–water partition coefficient (Wildman–Crippen LogP) is 2.15. The topological polar surface area (TPSA) is 47.9 Å². The molecule has 0 atom stereocenters. The molecule has 0 saturated carbocycles. The number of nitrogens with zero attached hydrogens (tertiary/aromatic N) is 1. The second kappa shape index (κ2) is 4.17. The SMILES string of the molecule is O=C=NCc1c2c(c(Br)c3c1OCC3)OCC2. The molecule has 0 radical (unpaired) electrons. The third kappa shape index (κ3) is 1.58. The Morgan fingerprint density at radius 1 is 1.18 bits per heavy atom. The maximum Gasteiger partial charge on any atom is 0.235 e. The highest BCUT2D eigenvalue weighted by Gasteiger charge is 2.30. The molecule has 0 amide bonds. The standard InChI is InChI=1S/C12H10BrNO3/c13-10-8-2-4-16-11(8)9(5-14-6-15)7-1-3-17-12(7)10/h1-5H2. The van der Waals surface area contributed by atoms with Crippen LogP contribution in [0.3, 0.4) is 0 Å². The maximum atomic E-state index is 10.3. The predicted molar refractivity (Wildman–Crippen MR) is 64.4 cm³/mol. The highest BCUT2D eigenvalue weighted by atomic mass is 79.9. The number of rotatable bonds is 2. The van der Waals surface area contributed by atoms with Crippen molar-refractivity contribution in [2.45, 2.75) is 19.4 Å². The summed E-state index contributed by atoms with van der Waals surface area (Å²) in [5, 5.41) is 0. The number of hydrogen-bond donors (Lipinski definition) is 0. The molecule has 1 aromatic carbocycles. The molecule has 2 heterocycles. The van der Waals surface area contributed by atoms with Crippen LogP contribution in [-0.2, 0) is 24.2 Å². The summed E-state index contributed by atoms with van der Waals surface area (Å²) in [6.07, 6.45) is 3.29. The quantitative estimate of drug-likeness (QED) is 0.620. The van der Waals surface area contributed by atoms with Gasteiger partial charge in [0.05, 0.1) is 24.2 Å². The van der Waals surface area contributed by atoms with Crippen molar-refractivity contribution in [2.75, 3.05) is 13.2 Å². The van der Waals surface area contributed by atoms with Crippen molar-refractivity contribution in [1.82, 2.24) is 0 Å². The molecule has 88 valence electrons. The first-order chi connectivity index (χ1) is 8.33. The summed E-state index contributed by atoms with van der Waals surface area (Å²) in [6, 6.07) is 0. The Morgan fingerprint density at radius 3 is 2.65 bits per heavy atom. The lowest BCUT2D eigenvalue weighted by Gasteiger charge is -2.12. The van der Waals surface area contributed by atoms with Gasteiger partial charge >= 0.3 is 0 Å². The van der Waals surface area contributed by atoms with E-state index in [-0.39, 0.29) is 0 Å². The first-order valence-corrected chi connectivity index (χ1v) is 6.27. The summed E-state index contributed by atoms with van der Waals surface area (Å²) < 4.78 is 12.3. The fourth-order valence-electron chi connectivity index (χ4n) is 2.43. The van der Waals surface area contributed by atoms with Gasteiger partial charge in [-0.3, -0.25) is 0 Å². The van der Waals surface area contributed by atoms with Gasteiger partial charge in [-0.2, -0.15) is 0 Å². The molecule has 0 N–H and O–H groups in total. The summed E-state index contributed by atoms with van der Waals surface area (Å²) in [5.74, 6) is 1.77. The molecule has 2 aliphatic rings. The van der Waals surface area contributed by atoms with Crippen molar-refractivity contribution in [3.05, 3.63) is 21.2 Å². The first-order valence-electron chi connectivity index (χ1n) is 5.48. The van der Waals surface area contributed by atoms with Gasteiger partial charge in [0.2, 0.25) is 6.08 Å². The number of hydrogen-bond acceptors (Lipinski definition) is 4. The van der Waals surface area contributed by atoms with Crippen molar-refractivity contribution in [3.63, 3.8) is 0 Å². The first kappa shape index (κ1) is 10.8. The number of benzene rings is 1. The molecule has 0 spiro atoms. The summed E-state index contributed by atoms with van der Waals surface area (Å²) >= 11 is 3.57. The molecule has 0 aromatic heterocycles. The van der Waals surface area contributed by atoms with Gasteiger partial charge < -0.3 is 9.47 Å². The largest absolute Gasteiger partial charge is 0.493 e. The second-order valence-corrected chi connectivity index (χ2v) is 4.81. The van der Waals surface area contributed by atoms with Crippen molar-refractivity contribution < 1.29 is 14.3 Å². The van der Waals surface area contributed by atoms with Crippen LogP contribution >= 0.6 is 15.9 Å². The van der Waals surface area contributed by atoms with Crippen LogP contribution in [0.15, 0.2) is 9.47 Å². The Hall–Kier alpha value is -1.32. The van der Waals surface area contributed by atoms with E-state index in [0.29, 0.717) is 19.8 Å². The fraction of sp³-hybridized carbons (Fsp3) is 0.417. The summed E-state index contributed by atoms with van der Waals surface area (Å²) in [5.41, 5.74) is 3.22. The van der Waals surface area contributed by atoms with E-state index in [1.165, 1.54) is 0 Å². The second-order valence-electron chi connectivity index (χ2n) is 4.01. The van der Waals surface area contributed by atoms with E-state index in [0.717, 1.165) is 45.5 Å². The van der Waals surface area contributed by atoms with E-state index in [9.17, 15) is 4.79 Å². The van der Waals surface area contributed by atoms with Crippen LogP contribution in [0.25, 0.3) is 0 Å². The highest BCUT2D eigenvalue weighted by Crippen LogP contribution is 2.47. The number of fused-ring (bicyclic) bond motifs is 2. The molecule has 0 fully saturated rings. The van der Waals surface area contributed by atoms with E-state index < -0.39 is 0 Å². The Morgan fingerprint density at radius 2 is 1.88 bits per heavy atom. The third-order valence-corrected chi connectivity index (χ3v) is 3.99. The van der Waals surface area contributed by atoms with Gasteiger partial charge in [0.1, 0.15) is 11.5 Å². The van der Waals surface area contributed by atoms with Gasteiger partial charge in [0.25, 0.3) is 0 Å². The number of ether oxygens (including phenoxy) is 2. The van der Waals surface area contributed by atoms with Gasteiger partial charge in [-0.15, -0.1) is 0 Å². The molecular formula is C12H10BrNO3. The summed E-state index contributed by atoms with van der Waals surface area (Å²) in [7, 11) is 0. The van der Waals surface area contributed by atoms with Gasteiger partial charge in [0.15, 0.2) is 0 Å². The summed E-state index contributed by atoms with van der Waals surface area (Å²) in [4.78, 5) is 13.9. The average Bonchev–Trinajstić information content (AvgIpc) is 2.97. The fourth-order valence-corrected chi connectivity index (χ4v) is 3.16. The van der Waals surface area contributed by atoms with E-state index in [1.54, 1.807) is 6.08 Å². The molecule has 0 saturated heterocycles. The molecule has 3 rings (SSSR count). The molecule has 0 aliphatic carbocycles. The molecular weight excluding hydrogens is 286 g/mol. The lowest BCUT2D eigenvalue weighted by atomic mass is 9.99. The lowest BCUT2D eigenvalue weighted by molar-refractivity contribution is 0.353. The number of isocyanates is 1. The van der Waals surface area contributed by atoms with Crippen molar-refractivity contribution >= 4 is 22.0 Å².